The van der Waals surface area contributed by atoms with Gasteiger partial charge in [0, 0.05) is 18.6 Å². The summed E-state index contributed by atoms with van der Waals surface area (Å²) in [7, 11) is 0. The highest BCUT2D eigenvalue weighted by molar-refractivity contribution is 5.82. The molecule has 3 unspecified atom stereocenters. The second-order valence-electron chi connectivity index (χ2n) is 5.17. The van der Waals surface area contributed by atoms with Crippen LogP contribution in [0.2, 0.25) is 0 Å². The van der Waals surface area contributed by atoms with Gasteiger partial charge in [0.15, 0.2) is 0 Å². The van der Waals surface area contributed by atoms with Crippen LogP contribution in [0.15, 0.2) is 0 Å². The summed E-state index contributed by atoms with van der Waals surface area (Å²) >= 11 is 0. The normalized spacial score (nSPS) is 29.4. The molecule has 0 saturated carbocycles. The van der Waals surface area contributed by atoms with Crippen molar-refractivity contribution in [3.8, 4) is 0 Å². The Morgan fingerprint density at radius 3 is 2.78 bits per heavy atom. The highest BCUT2D eigenvalue weighted by atomic mass is 16.4. The predicted octanol–water partition coefficient (Wildman–Crippen LogP) is 0.386. The third-order valence-electron chi connectivity index (χ3n) is 3.89. The van der Waals surface area contributed by atoms with E-state index in [9.17, 15) is 9.59 Å². The number of carboxylic acid groups (broad SMARTS) is 1. The van der Waals surface area contributed by atoms with Gasteiger partial charge in [-0.3, -0.25) is 9.69 Å². The Balaban J connectivity index is 1.82. The molecule has 3 atom stereocenters. The number of fused-ring (bicyclic) bond motifs is 1. The van der Waals surface area contributed by atoms with Crippen LogP contribution in [0.4, 0.5) is 4.79 Å². The Labute approximate surface area is 107 Å². The minimum absolute atomic E-state index is 0.159. The van der Waals surface area contributed by atoms with Crippen LogP contribution in [-0.4, -0.2) is 53.2 Å². The number of carbonyl (C=O) groups is 2. The number of hydrogen-bond donors (Lipinski definition) is 3. The number of carboxylic acids is 1. The molecule has 2 fully saturated rings. The molecule has 3 N–H and O–H groups in total. The number of urea groups is 1. The van der Waals surface area contributed by atoms with Crippen LogP contribution in [0, 0.1) is 0 Å². The molecule has 0 bridgehead atoms. The summed E-state index contributed by atoms with van der Waals surface area (Å²) in [6, 6.07) is -0.632. The summed E-state index contributed by atoms with van der Waals surface area (Å²) in [6.07, 6.45) is 4.54. The van der Waals surface area contributed by atoms with E-state index in [0.29, 0.717) is 6.04 Å². The van der Waals surface area contributed by atoms with E-state index in [-0.39, 0.29) is 12.1 Å². The predicted molar refractivity (Wildman–Crippen MR) is 66.4 cm³/mol. The summed E-state index contributed by atoms with van der Waals surface area (Å²) in [6.45, 7) is 3.61. The van der Waals surface area contributed by atoms with Crippen LogP contribution in [0.25, 0.3) is 0 Å². The van der Waals surface area contributed by atoms with Crippen molar-refractivity contribution >= 4 is 12.0 Å². The SMILES string of the molecule is CC(NC(=O)NC1CCN2CCCCC12)C(=O)O. The lowest BCUT2D eigenvalue weighted by atomic mass is 9.99. The number of nitrogens with one attached hydrogen (secondary N) is 2. The fourth-order valence-corrected chi connectivity index (χ4v) is 2.88. The first kappa shape index (κ1) is 13.1. The van der Waals surface area contributed by atoms with Crippen molar-refractivity contribution in [1.82, 2.24) is 15.5 Å². The lowest BCUT2D eigenvalue weighted by Gasteiger charge is -2.32. The summed E-state index contributed by atoms with van der Waals surface area (Å²) in [5, 5.41) is 14.1. The fraction of sp³-hybridized carbons (Fsp3) is 0.833. The average Bonchev–Trinajstić information content (AvgIpc) is 2.72. The number of hydrogen-bond acceptors (Lipinski definition) is 3. The number of rotatable bonds is 3. The maximum absolute atomic E-state index is 11.7. The highest BCUT2D eigenvalue weighted by Gasteiger charge is 2.36. The topological polar surface area (TPSA) is 81.7 Å². The van der Waals surface area contributed by atoms with Crippen LogP contribution in [-0.2, 0) is 4.79 Å². The number of piperidine rings is 1. The second kappa shape index (κ2) is 5.56. The first-order chi connectivity index (χ1) is 8.58. The van der Waals surface area contributed by atoms with Gasteiger partial charge in [0.25, 0.3) is 0 Å². The van der Waals surface area contributed by atoms with Crippen LogP contribution in [0.5, 0.6) is 0 Å². The van der Waals surface area contributed by atoms with Gasteiger partial charge in [-0.05, 0) is 32.7 Å². The van der Waals surface area contributed by atoms with E-state index in [2.05, 4.69) is 15.5 Å². The molecule has 102 valence electrons. The first-order valence-corrected chi connectivity index (χ1v) is 6.62. The molecule has 2 saturated heterocycles. The largest absolute Gasteiger partial charge is 0.480 e. The third-order valence-corrected chi connectivity index (χ3v) is 3.89. The fourth-order valence-electron chi connectivity index (χ4n) is 2.88. The van der Waals surface area contributed by atoms with Crippen molar-refractivity contribution in [3.05, 3.63) is 0 Å². The molecule has 18 heavy (non-hydrogen) atoms. The van der Waals surface area contributed by atoms with E-state index in [0.717, 1.165) is 25.9 Å². The van der Waals surface area contributed by atoms with E-state index in [1.807, 2.05) is 0 Å². The van der Waals surface area contributed by atoms with Crippen molar-refractivity contribution in [2.75, 3.05) is 13.1 Å². The average molecular weight is 255 g/mol. The molecule has 2 heterocycles. The molecule has 0 aromatic carbocycles. The van der Waals surface area contributed by atoms with Crippen molar-refractivity contribution < 1.29 is 14.7 Å². The van der Waals surface area contributed by atoms with Crippen LogP contribution in [0.1, 0.15) is 32.6 Å². The molecular formula is C12H21N3O3. The van der Waals surface area contributed by atoms with E-state index in [4.69, 9.17) is 5.11 Å². The molecule has 0 aromatic rings. The Morgan fingerprint density at radius 2 is 2.06 bits per heavy atom. The van der Waals surface area contributed by atoms with E-state index < -0.39 is 12.0 Å². The van der Waals surface area contributed by atoms with E-state index in [1.54, 1.807) is 0 Å². The maximum Gasteiger partial charge on any atom is 0.325 e. The minimum Gasteiger partial charge on any atom is -0.480 e. The molecular weight excluding hydrogens is 234 g/mol. The lowest BCUT2D eigenvalue weighted by molar-refractivity contribution is -0.138. The van der Waals surface area contributed by atoms with Crippen molar-refractivity contribution in [2.24, 2.45) is 0 Å². The van der Waals surface area contributed by atoms with Gasteiger partial charge in [-0.15, -0.1) is 0 Å². The van der Waals surface area contributed by atoms with E-state index >= 15 is 0 Å². The van der Waals surface area contributed by atoms with Gasteiger partial charge in [0.2, 0.25) is 0 Å². The third kappa shape index (κ3) is 2.93. The minimum atomic E-state index is -1.02. The smallest absolute Gasteiger partial charge is 0.325 e. The Morgan fingerprint density at radius 1 is 1.28 bits per heavy atom. The van der Waals surface area contributed by atoms with Crippen LogP contribution in [0.3, 0.4) is 0 Å². The zero-order chi connectivity index (χ0) is 13.1. The number of amides is 2. The van der Waals surface area contributed by atoms with Gasteiger partial charge in [-0.2, -0.15) is 0 Å². The molecule has 6 nitrogen and oxygen atoms in total. The van der Waals surface area contributed by atoms with Gasteiger partial charge in [0.05, 0.1) is 0 Å². The summed E-state index contributed by atoms with van der Waals surface area (Å²) < 4.78 is 0. The molecule has 2 rings (SSSR count). The standard InChI is InChI=1S/C12H21N3O3/c1-8(11(16)17)13-12(18)14-9-5-7-15-6-3-2-4-10(9)15/h8-10H,2-7H2,1H3,(H,16,17)(H2,13,14,18). The van der Waals surface area contributed by atoms with Crippen molar-refractivity contribution in [2.45, 2.75) is 50.7 Å². The summed E-state index contributed by atoms with van der Waals surface area (Å²) in [4.78, 5) is 24.8. The zero-order valence-corrected chi connectivity index (χ0v) is 10.7. The van der Waals surface area contributed by atoms with Crippen molar-refractivity contribution in [3.63, 3.8) is 0 Å². The number of carbonyl (C=O) groups excluding carboxylic acids is 1. The molecule has 0 radical (unpaired) electrons. The second-order valence-corrected chi connectivity index (χ2v) is 5.17. The van der Waals surface area contributed by atoms with Crippen LogP contribution >= 0.6 is 0 Å². The molecule has 2 amide bonds. The van der Waals surface area contributed by atoms with Gasteiger partial charge in [-0.1, -0.05) is 6.42 Å². The quantitative estimate of drug-likeness (QED) is 0.681. The molecule has 0 spiro atoms. The first-order valence-electron chi connectivity index (χ1n) is 6.62. The van der Waals surface area contributed by atoms with Gasteiger partial charge < -0.3 is 15.7 Å². The van der Waals surface area contributed by atoms with Gasteiger partial charge >= 0.3 is 12.0 Å². The maximum atomic E-state index is 11.7. The highest BCUT2D eigenvalue weighted by Crippen LogP contribution is 2.26. The van der Waals surface area contributed by atoms with Gasteiger partial charge in [-0.25, -0.2) is 4.79 Å². The molecule has 0 aliphatic carbocycles. The van der Waals surface area contributed by atoms with Crippen molar-refractivity contribution in [1.29, 1.82) is 0 Å². The molecule has 2 aliphatic rings. The number of nitrogens with zero attached hydrogens (tertiary/aromatic N) is 1. The van der Waals surface area contributed by atoms with Gasteiger partial charge in [0.1, 0.15) is 6.04 Å². The lowest BCUT2D eigenvalue weighted by Crippen LogP contribution is -2.52. The monoisotopic (exact) mass is 255 g/mol. The number of aliphatic carboxylic acids is 1. The summed E-state index contributed by atoms with van der Waals surface area (Å²) in [5.74, 6) is -1.02. The Kier molecular flexibility index (Phi) is 4.06. The Hall–Kier alpha value is -1.30. The molecule has 0 aromatic heterocycles. The zero-order valence-electron chi connectivity index (χ0n) is 10.7. The Bertz CT molecular complexity index is 335. The van der Waals surface area contributed by atoms with E-state index in [1.165, 1.54) is 19.8 Å². The molecule has 2 aliphatic heterocycles. The summed E-state index contributed by atoms with van der Waals surface area (Å²) in [5.41, 5.74) is 0. The van der Waals surface area contributed by atoms with Crippen LogP contribution < -0.4 is 10.6 Å². The molecule has 6 heteroatoms.